The quantitative estimate of drug-likeness (QED) is 0.182. The first-order valence-corrected chi connectivity index (χ1v) is 16.7. The number of anilines is 1. The molecule has 1 amide bonds. The van der Waals surface area contributed by atoms with E-state index >= 15 is 0 Å². The molecular weight excluding hydrogens is 617 g/mol. The third kappa shape index (κ3) is 8.09. The van der Waals surface area contributed by atoms with Crippen LogP contribution < -0.4 is 15.5 Å². The van der Waals surface area contributed by atoms with Gasteiger partial charge in [0.15, 0.2) is 17.4 Å². The van der Waals surface area contributed by atoms with Crippen LogP contribution in [0.25, 0.3) is 10.9 Å². The Hall–Kier alpha value is -3.02. The molecule has 6 rings (SSSR count). The standard InChI is InChI=1S/C34H45F3N6O2.ClH/c35-29-20-28(31(36)32(37)33(29)44)34(45)39-21-24-4-7-26(8-5-24)43-22-25-6-9-27(19-30(25)40-43)42-17-15-41(16-18-42)14-2-1-3-23-10-12-38-13-11-23;/h6,9,19-20,22-24,26,38,44H,1-5,7-8,10-18,21H2,(H,39,45);1H. The number of nitrogens with one attached hydrogen (secondary N) is 2. The molecule has 3 aliphatic rings. The number of carbonyl (C=O) groups is 1. The summed E-state index contributed by atoms with van der Waals surface area (Å²) in [6, 6.07) is 7.35. The molecule has 3 aromatic rings. The second-order valence-corrected chi connectivity index (χ2v) is 13.1. The molecule has 3 fully saturated rings. The Labute approximate surface area is 275 Å². The van der Waals surface area contributed by atoms with Gasteiger partial charge < -0.3 is 20.6 Å². The van der Waals surface area contributed by atoms with Crippen molar-refractivity contribution in [3.63, 3.8) is 0 Å². The predicted octanol–water partition coefficient (Wildman–Crippen LogP) is 6.03. The zero-order valence-electron chi connectivity index (χ0n) is 26.3. The molecule has 2 aromatic carbocycles. The number of hydrogen-bond acceptors (Lipinski definition) is 6. The minimum Gasteiger partial charge on any atom is -0.503 e. The molecule has 1 aliphatic carbocycles. The van der Waals surface area contributed by atoms with Crippen LogP contribution in [0, 0.1) is 29.3 Å². The monoisotopic (exact) mass is 662 g/mol. The molecule has 252 valence electrons. The first kappa shape index (κ1) is 34.3. The molecule has 0 bridgehead atoms. The molecule has 0 atom stereocenters. The van der Waals surface area contributed by atoms with Crippen LogP contribution in [0.2, 0.25) is 0 Å². The molecule has 0 spiro atoms. The Bertz CT molecular complexity index is 1470. The Balaban J connectivity index is 0.00000417. The van der Waals surface area contributed by atoms with Gasteiger partial charge in [0.05, 0.1) is 17.1 Å². The molecule has 3 heterocycles. The van der Waals surface area contributed by atoms with Crippen LogP contribution in [0.4, 0.5) is 18.9 Å². The third-order valence-electron chi connectivity index (χ3n) is 10.2. The van der Waals surface area contributed by atoms with Gasteiger partial charge in [-0.05, 0) is 101 Å². The lowest BCUT2D eigenvalue weighted by atomic mass is 9.86. The highest BCUT2D eigenvalue weighted by Crippen LogP contribution is 2.33. The maximum atomic E-state index is 14.1. The summed E-state index contributed by atoms with van der Waals surface area (Å²) in [6.07, 6.45) is 12.3. The summed E-state index contributed by atoms with van der Waals surface area (Å²) in [5.74, 6) is -5.91. The minimum absolute atomic E-state index is 0. The van der Waals surface area contributed by atoms with Crippen molar-refractivity contribution in [1.29, 1.82) is 0 Å². The highest BCUT2D eigenvalue weighted by Gasteiger charge is 2.26. The number of hydrogen-bond donors (Lipinski definition) is 3. The molecule has 46 heavy (non-hydrogen) atoms. The van der Waals surface area contributed by atoms with Crippen LogP contribution in [0.5, 0.6) is 5.75 Å². The van der Waals surface area contributed by atoms with E-state index in [4.69, 9.17) is 5.10 Å². The van der Waals surface area contributed by atoms with E-state index in [1.165, 1.54) is 57.4 Å². The zero-order chi connectivity index (χ0) is 31.3. The van der Waals surface area contributed by atoms with Crippen molar-refractivity contribution in [3.8, 4) is 5.75 Å². The number of carbonyl (C=O) groups excluding carboxylic acids is 1. The number of halogens is 4. The molecule has 1 aromatic heterocycles. The van der Waals surface area contributed by atoms with E-state index < -0.39 is 34.7 Å². The number of phenolic OH excluding ortho intramolecular Hbond substituents is 1. The van der Waals surface area contributed by atoms with Gasteiger partial charge in [-0.25, -0.2) is 8.78 Å². The van der Waals surface area contributed by atoms with Gasteiger partial charge in [0, 0.05) is 50.0 Å². The Morgan fingerprint density at radius 1 is 0.935 bits per heavy atom. The molecule has 12 heteroatoms. The number of aromatic hydroxyl groups is 1. The lowest BCUT2D eigenvalue weighted by Gasteiger charge is -2.36. The van der Waals surface area contributed by atoms with Crippen LogP contribution in [0.1, 0.15) is 74.2 Å². The van der Waals surface area contributed by atoms with Crippen molar-refractivity contribution >= 4 is 34.9 Å². The van der Waals surface area contributed by atoms with E-state index in [9.17, 15) is 23.1 Å². The summed E-state index contributed by atoms with van der Waals surface area (Å²) >= 11 is 0. The van der Waals surface area contributed by atoms with Crippen molar-refractivity contribution < 1.29 is 23.1 Å². The number of fused-ring (bicyclic) bond motifs is 1. The fourth-order valence-corrected chi connectivity index (χ4v) is 7.27. The molecule has 8 nitrogen and oxygen atoms in total. The maximum Gasteiger partial charge on any atom is 0.254 e. The van der Waals surface area contributed by atoms with E-state index in [-0.39, 0.29) is 30.9 Å². The van der Waals surface area contributed by atoms with Gasteiger partial charge in [0.25, 0.3) is 5.91 Å². The van der Waals surface area contributed by atoms with Crippen molar-refractivity contribution in [2.45, 2.75) is 63.8 Å². The van der Waals surface area contributed by atoms with Gasteiger partial charge in [0.2, 0.25) is 5.82 Å². The first-order valence-electron chi connectivity index (χ1n) is 16.7. The number of piperidine rings is 1. The number of aromatic nitrogens is 2. The second-order valence-electron chi connectivity index (χ2n) is 13.1. The average Bonchev–Trinajstić information content (AvgIpc) is 3.51. The van der Waals surface area contributed by atoms with Crippen LogP contribution in [0.3, 0.4) is 0 Å². The number of unbranched alkanes of at least 4 members (excludes halogenated alkanes) is 1. The topological polar surface area (TPSA) is 85.7 Å². The van der Waals surface area contributed by atoms with Crippen molar-refractivity contribution in [1.82, 2.24) is 25.3 Å². The van der Waals surface area contributed by atoms with Crippen molar-refractivity contribution in [2.75, 3.05) is 57.3 Å². The average molecular weight is 663 g/mol. The maximum absolute atomic E-state index is 14.1. The highest BCUT2D eigenvalue weighted by atomic mass is 35.5. The number of nitrogens with zero attached hydrogens (tertiary/aromatic N) is 4. The molecule has 2 aliphatic heterocycles. The number of rotatable bonds is 10. The van der Waals surface area contributed by atoms with E-state index in [0.29, 0.717) is 6.07 Å². The summed E-state index contributed by atoms with van der Waals surface area (Å²) in [5.41, 5.74) is 1.47. The lowest BCUT2D eigenvalue weighted by molar-refractivity contribution is 0.0935. The summed E-state index contributed by atoms with van der Waals surface area (Å²) in [4.78, 5) is 17.5. The largest absolute Gasteiger partial charge is 0.503 e. The van der Waals surface area contributed by atoms with Crippen LogP contribution >= 0.6 is 12.4 Å². The van der Waals surface area contributed by atoms with E-state index in [1.54, 1.807) is 0 Å². The molecular formula is C34H46ClF3N6O2. The van der Waals surface area contributed by atoms with Gasteiger partial charge >= 0.3 is 0 Å². The van der Waals surface area contributed by atoms with Crippen LogP contribution in [0.15, 0.2) is 30.5 Å². The van der Waals surface area contributed by atoms with Crippen LogP contribution in [-0.4, -0.2) is 78.1 Å². The van der Waals surface area contributed by atoms with Gasteiger partial charge in [-0.15, -0.1) is 12.4 Å². The van der Waals surface area contributed by atoms with Gasteiger partial charge in [0.1, 0.15) is 0 Å². The first-order chi connectivity index (χ1) is 21.9. The molecule has 3 N–H and O–H groups in total. The summed E-state index contributed by atoms with van der Waals surface area (Å²) in [7, 11) is 0. The number of benzene rings is 2. The summed E-state index contributed by atoms with van der Waals surface area (Å²) in [5, 5.41) is 21.3. The second kappa shape index (κ2) is 15.7. The Morgan fingerprint density at radius 3 is 2.41 bits per heavy atom. The summed E-state index contributed by atoms with van der Waals surface area (Å²) < 4.78 is 43.4. The Kier molecular flexibility index (Phi) is 11.7. The number of phenols is 1. The summed E-state index contributed by atoms with van der Waals surface area (Å²) in [6.45, 7) is 8.12. The van der Waals surface area contributed by atoms with E-state index in [1.807, 2.05) is 0 Å². The normalized spacial score (nSPS) is 21.3. The van der Waals surface area contributed by atoms with Crippen LogP contribution in [-0.2, 0) is 0 Å². The predicted molar refractivity (Wildman–Crippen MR) is 176 cm³/mol. The van der Waals surface area contributed by atoms with E-state index in [0.717, 1.165) is 68.7 Å². The van der Waals surface area contributed by atoms with Gasteiger partial charge in [-0.2, -0.15) is 9.49 Å². The number of amides is 1. The fourth-order valence-electron chi connectivity index (χ4n) is 7.27. The molecule has 0 radical (unpaired) electrons. The molecule has 2 saturated heterocycles. The fraction of sp³-hybridized carbons (Fsp3) is 0.588. The van der Waals surface area contributed by atoms with Gasteiger partial charge in [-0.1, -0.05) is 12.8 Å². The highest BCUT2D eigenvalue weighted by molar-refractivity contribution is 5.94. The molecule has 1 saturated carbocycles. The van der Waals surface area contributed by atoms with Crippen molar-refractivity contribution in [2.24, 2.45) is 11.8 Å². The minimum atomic E-state index is -1.76. The SMILES string of the molecule is Cl.O=C(NCC1CCC(n2cc3ccc(N4CCN(CCCCC5CCNCC5)CC4)cc3n2)CC1)c1cc(F)c(O)c(F)c1F. The molecule has 0 unspecified atom stereocenters. The Morgan fingerprint density at radius 2 is 1.67 bits per heavy atom. The number of piperazine rings is 1. The van der Waals surface area contributed by atoms with Crippen molar-refractivity contribution in [3.05, 3.63) is 53.5 Å². The smallest absolute Gasteiger partial charge is 0.254 e. The van der Waals surface area contributed by atoms with Gasteiger partial charge in [-0.3, -0.25) is 14.4 Å². The third-order valence-corrected chi connectivity index (χ3v) is 10.2. The zero-order valence-corrected chi connectivity index (χ0v) is 27.1. The lowest BCUT2D eigenvalue weighted by Crippen LogP contribution is -2.46. The van der Waals surface area contributed by atoms with E-state index in [2.05, 4.69) is 49.5 Å².